The normalized spacial score (nSPS) is 9.60. The van der Waals surface area contributed by atoms with Crippen LogP contribution in [0.25, 0.3) is 0 Å². The molecule has 2 N–H and O–H groups in total. The molecule has 0 aliphatic rings. The minimum Gasteiger partial charge on any atom is -0.360 e. The number of hydrogen-bond acceptors (Lipinski definition) is 5. The average Bonchev–Trinajstić information content (AvgIpc) is 2.61. The number of hydrogen-bond donors (Lipinski definition) is 2. The fraction of sp³-hybridized carbons (Fsp3) is 0.444. The van der Waals surface area contributed by atoms with E-state index >= 15 is 0 Å². The van der Waals surface area contributed by atoms with E-state index in [0.717, 1.165) is 5.69 Å². The van der Waals surface area contributed by atoms with Gasteiger partial charge in [-0.25, -0.2) is 0 Å². The molecule has 0 saturated carbocycles. The van der Waals surface area contributed by atoms with Gasteiger partial charge in [-0.05, 0) is 6.92 Å². The molecule has 0 saturated heterocycles. The molecule has 0 spiro atoms. The molecule has 0 radical (unpaired) electrons. The molecule has 0 aliphatic carbocycles. The third-order valence-corrected chi connectivity index (χ3v) is 1.63. The Balaban J connectivity index is 2.16. The Morgan fingerprint density at radius 2 is 2.53 bits per heavy atom. The van der Waals surface area contributed by atoms with Gasteiger partial charge in [-0.2, -0.15) is 5.26 Å². The highest BCUT2D eigenvalue weighted by Gasteiger charge is 2.02. The van der Waals surface area contributed by atoms with Crippen LogP contribution in [-0.2, 0) is 11.3 Å². The lowest BCUT2D eigenvalue weighted by atomic mass is 10.4. The summed E-state index contributed by atoms with van der Waals surface area (Å²) in [4.78, 5) is 11.0. The number of aromatic nitrogens is 1. The second-order valence-electron chi connectivity index (χ2n) is 2.97. The molecule has 15 heavy (non-hydrogen) atoms. The minimum atomic E-state index is -0.215. The fourth-order valence-corrected chi connectivity index (χ4v) is 0.999. The zero-order valence-corrected chi connectivity index (χ0v) is 8.41. The van der Waals surface area contributed by atoms with Crippen LogP contribution in [0, 0.1) is 18.3 Å². The van der Waals surface area contributed by atoms with Gasteiger partial charge in [0.25, 0.3) is 0 Å². The summed E-state index contributed by atoms with van der Waals surface area (Å²) < 4.78 is 4.93. The molecule has 80 valence electrons. The molecular formula is C9H12N4O2. The highest BCUT2D eigenvalue weighted by molar-refractivity contribution is 5.78. The summed E-state index contributed by atoms with van der Waals surface area (Å²) in [6.07, 6.45) is 0. The molecule has 6 nitrogen and oxygen atoms in total. The van der Waals surface area contributed by atoms with E-state index in [-0.39, 0.29) is 19.0 Å². The predicted octanol–water partition coefficient (Wildman–Crippen LogP) is -0.288. The average molecular weight is 208 g/mol. The van der Waals surface area contributed by atoms with E-state index in [9.17, 15) is 4.79 Å². The van der Waals surface area contributed by atoms with Gasteiger partial charge >= 0.3 is 0 Å². The number of nitriles is 1. The Kier molecular flexibility index (Phi) is 4.31. The van der Waals surface area contributed by atoms with Crippen molar-refractivity contribution < 1.29 is 9.32 Å². The van der Waals surface area contributed by atoms with Crippen molar-refractivity contribution in [2.75, 3.05) is 13.1 Å². The number of nitrogens with zero attached hydrogens (tertiary/aromatic N) is 2. The molecule has 0 aliphatic heterocycles. The van der Waals surface area contributed by atoms with Gasteiger partial charge in [-0.3, -0.25) is 4.79 Å². The largest absolute Gasteiger partial charge is 0.360 e. The molecule has 1 rings (SSSR count). The fourth-order valence-electron chi connectivity index (χ4n) is 0.999. The van der Waals surface area contributed by atoms with Gasteiger partial charge in [0, 0.05) is 6.07 Å². The summed E-state index contributed by atoms with van der Waals surface area (Å²) in [7, 11) is 0. The van der Waals surface area contributed by atoms with E-state index < -0.39 is 0 Å². The lowest BCUT2D eigenvalue weighted by molar-refractivity contribution is -0.120. The van der Waals surface area contributed by atoms with Gasteiger partial charge in [0.15, 0.2) is 5.76 Å². The molecular weight excluding hydrogens is 196 g/mol. The summed E-state index contributed by atoms with van der Waals surface area (Å²) in [5.74, 6) is 0.466. The van der Waals surface area contributed by atoms with Crippen molar-refractivity contribution >= 4 is 5.91 Å². The van der Waals surface area contributed by atoms with Crippen LogP contribution in [0.1, 0.15) is 11.5 Å². The Morgan fingerprint density at radius 3 is 3.13 bits per heavy atom. The maximum Gasteiger partial charge on any atom is 0.234 e. The zero-order chi connectivity index (χ0) is 11.1. The van der Waals surface area contributed by atoms with Crippen LogP contribution < -0.4 is 10.6 Å². The van der Waals surface area contributed by atoms with Gasteiger partial charge in [0.05, 0.1) is 24.9 Å². The number of nitrogens with one attached hydrogen (secondary N) is 2. The van der Waals surface area contributed by atoms with Gasteiger partial charge in [0.2, 0.25) is 5.91 Å². The van der Waals surface area contributed by atoms with Gasteiger partial charge < -0.3 is 15.2 Å². The van der Waals surface area contributed by atoms with Crippen molar-refractivity contribution in [2.45, 2.75) is 13.5 Å². The van der Waals surface area contributed by atoms with Crippen LogP contribution in [0.4, 0.5) is 0 Å². The summed E-state index contributed by atoms with van der Waals surface area (Å²) in [6.45, 7) is 2.46. The molecule has 1 aromatic heterocycles. The first-order valence-corrected chi connectivity index (χ1v) is 4.49. The predicted molar refractivity (Wildman–Crippen MR) is 51.6 cm³/mol. The van der Waals surface area contributed by atoms with Crippen molar-refractivity contribution in [3.63, 3.8) is 0 Å². The molecule has 0 bridgehead atoms. The van der Waals surface area contributed by atoms with Gasteiger partial charge in [-0.1, -0.05) is 5.16 Å². The summed E-state index contributed by atoms with van der Waals surface area (Å²) in [6, 6.07) is 3.61. The third kappa shape index (κ3) is 4.24. The topological polar surface area (TPSA) is 91.0 Å². The summed E-state index contributed by atoms with van der Waals surface area (Å²) >= 11 is 0. The van der Waals surface area contributed by atoms with Crippen molar-refractivity contribution in [3.8, 4) is 6.07 Å². The monoisotopic (exact) mass is 208 g/mol. The van der Waals surface area contributed by atoms with E-state index in [1.807, 2.05) is 13.0 Å². The minimum absolute atomic E-state index is 0.0297. The Hall–Kier alpha value is -1.87. The first-order chi connectivity index (χ1) is 7.22. The quantitative estimate of drug-likeness (QED) is 0.649. The van der Waals surface area contributed by atoms with Crippen LogP contribution >= 0.6 is 0 Å². The van der Waals surface area contributed by atoms with Crippen molar-refractivity contribution in [1.82, 2.24) is 15.8 Å². The molecule has 1 amide bonds. The second-order valence-corrected chi connectivity index (χ2v) is 2.97. The van der Waals surface area contributed by atoms with Gasteiger partial charge in [-0.15, -0.1) is 0 Å². The van der Waals surface area contributed by atoms with Gasteiger partial charge in [0.1, 0.15) is 6.54 Å². The number of aryl methyl sites for hydroxylation is 1. The van der Waals surface area contributed by atoms with Crippen LogP contribution in [0.2, 0.25) is 0 Å². The molecule has 0 atom stereocenters. The van der Waals surface area contributed by atoms with E-state index in [2.05, 4.69) is 15.8 Å². The second kappa shape index (κ2) is 5.78. The van der Waals surface area contributed by atoms with Crippen LogP contribution in [0.5, 0.6) is 0 Å². The molecule has 1 aromatic rings. The van der Waals surface area contributed by atoms with E-state index in [1.165, 1.54) is 0 Å². The highest BCUT2D eigenvalue weighted by atomic mass is 16.5. The number of carbonyl (C=O) groups is 1. The highest BCUT2D eigenvalue weighted by Crippen LogP contribution is 2.00. The van der Waals surface area contributed by atoms with Crippen molar-refractivity contribution in [1.29, 1.82) is 5.26 Å². The summed E-state index contributed by atoms with van der Waals surface area (Å²) in [5.41, 5.74) is 0.806. The van der Waals surface area contributed by atoms with Crippen molar-refractivity contribution in [2.24, 2.45) is 0 Å². The molecule has 6 heteroatoms. The van der Waals surface area contributed by atoms with Crippen LogP contribution in [0.3, 0.4) is 0 Å². The van der Waals surface area contributed by atoms with Crippen LogP contribution in [0.15, 0.2) is 10.6 Å². The molecule has 0 aromatic carbocycles. The lowest BCUT2D eigenvalue weighted by Crippen LogP contribution is -2.33. The maximum atomic E-state index is 11.0. The Bertz CT molecular complexity index is 366. The summed E-state index contributed by atoms with van der Waals surface area (Å²) in [5, 5.41) is 17.2. The van der Waals surface area contributed by atoms with E-state index in [4.69, 9.17) is 9.78 Å². The first-order valence-electron chi connectivity index (χ1n) is 4.49. The first kappa shape index (κ1) is 11.2. The smallest absolute Gasteiger partial charge is 0.234 e. The van der Waals surface area contributed by atoms with E-state index in [1.54, 1.807) is 6.07 Å². The van der Waals surface area contributed by atoms with Crippen LogP contribution in [-0.4, -0.2) is 24.2 Å². The molecule has 0 unspecified atom stereocenters. The Labute approximate surface area is 87.2 Å². The number of amides is 1. The SMILES string of the molecule is Cc1cc(CNCC(=O)NCC#N)on1. The maximum absolute atomic E-state index is 11.0. The third-order valence-electron chi connectivity index (χ3n) is 1.63. The lowest BCUT2D eigenvalue weighted by Gasteiger charge is -2.01. The zero-order valence-electron chi connectivity index (χ0n) is 8.41. The standard InChI is InChI=1S/C9H12N4O2/c1-7-4-8(15-13-7)5-11-6-9(14)12-3-2-10/h4,11H,3,5-6H2,1H3,(H,12,14). The van der Waals surface area contributed by atoms with Crippen molar-refractivity contribution in [3.05, 3.63) is 17.5 Å². The Morgan fingerprint density at radius 1 is 1.73 bits per heavy atom. The molecule has 1 heterocycles. The van der Waals surface area contributed by atoms with E-state index in [0.29, 0.717) is 12.3 Å². The number of carbonyl (C=O) groups excluding carboxylic acids is 1. The number of rotatable bonds is 5. The molecule has 0 fully saturated rings.